The number of nitrogens with one attached hydrogen (secondary N) is 1. The molecular weight excluding hydrogens is 400 g/mol. The summed E-state index contributed by atoms with van der Waals surface area (Å²) in [6, 6.07) is 13.3. The summed E-state index contributed by atoms with van der Waals surface area (Å²) in [4.78, 5) is 37.0. The molecule has 0 spiro atoms. The molecule has 1 N–H and O–H groups in total. The first-order chi connectivity index (χ1) is 13.9. The van der Waals surface area contributed by atoms with E-state index in [4.69, 9.17) is 25.8 Å². The van der Waals surface area contributed by atoms with Gasteiger partial charge in [-0.25, -0.2) is 4.79 Å². The SMILES string of the molecule is COc1cccc(NC(=O)CN(C)C(=O)COC(=O)COc2ccc(Cl)cc2)c1. The van der Waals surface area contributed by atoms with Crippen LogP contribution in [0.25, 0.3) is 0 Å². The average molecular weight is 421 g/mol. The van der Waals surface area contributed by atoms with Crippen LogP contribution in [-0.2, 0) is 19.1 Å². The number of carbonyl (C=O) groups is 3. The third-order valence-corrected chi connectivity index (χ3v) is 3.94. The van der Waals surface area contributed by atoms with Crippen LogP contribution in [-0.4, -0.2) is 56.6 Å². The van der Waals surface area contributed by atoms with Crippen molar-refractivity contribution in [2.45, 2.75) is 0 Å². The Kier molecular flexibility index (Phi) is 8.29. The summed E-state index contributed by atoms with van der Waals surface area (Å²) >= 11 is 5.76. The number of hydrogen-bond acceptors (Lipinski definition) is 6. The van der Waals surface area contributed by atoms with Gasteiger partial charge in [-0.2, -0.15) is 0 Å². The molecular formula is C20H21ClN2O6. The van der Waals surface area contributed by atoms with E-state index in [-0.39, 0.29) is 13.2 Å². The molecule has 0 aromatic heterocycles. The van der Waals surface area contributed by atoms with Crippen molar-refractivity contribution in [1.82, 2.24) is 4.90 Å². The monoisotopic (exact) mass is 420 g/mol. The Labute approximate surface area is 173 Å². The minimum Gasteiger partial charge on any atom is -0.497 e. The Balaban J connectivity index is 1.71. The molecule has 0 saturated heterocycles. The molecule has 0 saturated carbocycles. The Hall–Kier alpha value is -3.26. The number of esters is 1. The molecule has 0 fully saturated rings. The normalized spacial score (nSPS) is 10.0. The molecule has 0 heterocycles. The summed E-state index contributed by atoms with van der Waals surface area (Å²) in [5.41, 5.74) is 0.543. The van der Waals surface area contributed by atoms with E-state index in [1.54, 1.807) is 48.5 Å². The second-order valence-electron chi connectivity index (χ2n) is 5.93. The van der Waals surface area contributed by atoms with Gasteiger partial charge in [0.15, 0.2) is 13.2 Å². The van der Waals surface area contributed by atoms with Crippen LogP contribution in [0.1, 0.15) is 0 Å². The van der Waals surface area contributed by atoms with E-state index in [2.05, 4.69) is 5.32 Å². The zero-order valence-corrected chi connectivity index (χ0v) is 16.8. The highest BCUT2D eigenvalue weighted by atomic mass is 35.5. The molecule has 29 heavy (non-hydrogen) atoms. The van der Waals surface area contributed by atoms with Crippen LogP contribution in [0, 0.1) is 0 Å². The van der Waals surface area contributed by atoms with Crippen LogP contribution in [0.2, 0.25) is 5.02 Å². The van der Waals surface area contributed by atoms with Crippen LogP contribution in [0.5, 0.6) is 11.5 Å². The first-order valence-corrected chi connectivity index (χ1v) is 8.97. The van der Waals surface area contributed by atoms with Crippen LogP contribution < -0.4 is 14.8 Å². The van der Waals surface area contributed by atoms with Gasteiger partial charge in [-0.05, 0) is 36.4 Å². The number of amides is 2. The molecule has 0 aliphatic rings. The zero-order valence-electron chi connectivity index (χ0n) is 16.0. The second kappa shape index (κ2) is 10.9. The molecule has 0 unspecified atom stereocenters. The van der Waals surface area contributed by atoms with E-state index in [1.807, 2.05) is 0 Å². The zero-order chi connectivity index (χ0) is 21.2. The van der Waals surface area contributed by atoms with E-state index in [0.29, 0.717) is 22.2 Å². The van der Waals surface area contributed by atoms with E-state index in [1.165, 1.54) is 14.2 Å². The minimum absolute atomic E-state index is 0.200. The van der Waals surface area contributed by atoms with E-state index in [9.17, 15) is 14.4 Å². The van der Waals surface area contributed by atoms with Crippen LogP contribution in [0.3, 0.4) is 0 Å². The van der Waals surface area contributed by atoms with Gasteiger partial charge in [-0.3, -0.25) is 9.59 Å². The van der Waals surface area contributed by atoms with E-state index < -0.39 is 24.4 Å². The maximum Gasteiger partial charge on any atom is 0.344 e. The number of halogens is 1. The summed E-state index contributed by atoms with van der Waals surface area (Å²) in [5.74, 6) is -0.580. The van der Waals surface area contributed by atoms with Crippen molar-refractivity contribution in [2.75, 3.05) is 39.2 Å². The number of nitrogens with zero attached hydrogens (tertiary/aromatic N) is 1. The third-order valence-electron chi connectivity index (χ3n) is 3.69. The number of likely N-dealkylation sites (N-methyl/N-ethyl adjacent to an activating group) is 1. The van der Waals surface area contributed by atoms with Gasteiger partial charge in [0.05, 0.1) is 13.7 Å². The minimum atomic E-state index is -0.706. The molecule has 154 valence electrons. The highest BCUT2D eigenvalue weighted by molar-refractivity contribution is 6.30. The lowest BCUT2D eigenvalue weighted by atomic mass is 10.3. The third kappa shape index (κ3) is 7.71. The molecule has 0 aliphatic carbocycles. The summed E-state index contributed by atoms with van der Waals surface area (Å²) in [6.07, 6.45) is 0. The number of ether oxygens (including phenoxy) is 3. The quantitative estimate of drug-likeness (QED) is 0.626. The van der Waals surface area contributed by atoms with Crippen molar-refractivity contribution in [1.29, 1.82) is 0 Å². The predicted octanol–water partition coefficient (Wildman–Crippen LogP) is 2.37. The first-order valence-electron chi connectivity index (χ1n) is 8.59. The van der Waals surface area contributed by atoms with Gasteiger partial charge in [0.25, 0.3) is 5.91 Å². The van der Waals surface area contributed by atoms with Gasteiger partial charge in [0.1, 0.15) is 11.5 Å². The van der Waals surface area contributed by atoms with Crippen molar-refractivity contribution < 1.29 is 28.6 Å². The summed E-state index contributed by atoms with van der Waals surface area (Å²) in [7, 11) is 2.96. The molecule has 0 radical (unpaired) electrons. The lowest BCUT2D eigenvalue weighted by Gasteiger charge is -2.17. The van der Waals surface area contributed by atoms with Crippen molar-refractivity contribution in [2.24, 2.45) is 0 Å². The fraction of sp³-hybridized carbons (Fsp3) is 0.250. The van der Waals surface area contributed by atoms with Gasteiger partial charge >= 0.3 is 5.97 Å². The number of anilines is 1. The van der Waals surface area contributed by atoms with Gasteiger partial charge < -0.3 is 24.4 Å². The van der Waals surface area contributed by atoms with Gasteiger partial charge in [-0.15, -0.1) is 0 Å². The number of carbonyl (C=O) groups excluding carboxylic acids is 3. The number of methoxy groups -OCH3 is 1. The Morgan fingerprint density at radius 2 is 1.76 bits per heavy atom. The van der Waals surface area contributed by atoms with Gasteiger partial charge in [0.2, 0.25) is 5.91 Å². The van der Waals surface area contributed by atoms with E-state index >= 15 is 0 Å². The predicted molar refractivity (Wildman–Crippen MR) is 107 cm³/mol. The molecule has 8 nitrogen and oxygen atoms in total. The van der Waals surface area contributed by atoms with Crippen molar-refractivity contribution >= 4 is 35.1 Å². The standard InChI is InChI=1S/C20H21ClN2O6/c1-23(11-18(24)22-15-4-3-5-17(10-15)27-2)19(25)12-29-20(26)13-28-16-8-6-14(21)7-9-16/h3-10H,11-13H2,1-2H3,(H,22,24). The topological polar surface area (TPSA) is 94.2 Å². The molecule has 2 rings (SSSR count). The van der Waals surface area contributed by atoms with Crippen molar-refractivity contribution in [3.63, 3.8) is 0 Å². The molecule has 0 bridgehead atoms. The van der Waals surface area contributed by atoms with Crippen LogP contribution >= 0.6 is 11.6 Å². The second-order valence-corrected chi connectivity index (χ2v) is 6.37. The summed E-state index contributed by atoms with van der Waals surface area (Å²) < 4.78 is 15.2. The molecule has 2 aromatic rings. The first kappa shape index (κ1) is 22.0. The summed E-state index contributed by atoms with van der Waals surface area (Å²) in [5, 5.41) is 3.21. The molecule has 0 atom stereocenters. The Morgan fingerprint density at radius 3 is 2.45 bits per heavy atom. The van der Waals surface area contributed by atoms with Crippen molar-refractivity contribution in [3.05, 3.63) is 53.6 Å². The Morgan fingerprint density at radius 1 is 1.03 bits per heavy atom. The number of hydrogen-bond donors (Lipinski definition) is 1. The van der Waals surface area contributed by atoms with Gasteiger partial charge in [0, 0.05) is 23.8 Å². The average Bonchev–Trinajstić information content (AvgIpc) is 2.71. The Bertz CT molecular complexity index is 856. The fourth-order valence-electron chi connectivity index (χ4n) is 2.17. The maximum absolute atomic E-state index is 12.1. The smallest absolute Gasteiger partial charge is 0.344 e. The molecule has 2 amide bonds. The number of benzene rings is 2. The fourth-order valence-corrected chi connectivity index (χ4v) is 2.30. The number of rotatable bonds is 9. The lowest BCUT2D eigenvalue weighted by molar-refractivity contribution is -0.153. The van der Waals surface area contributed by atoms with Gasteiger partial charge in [-0.1, -0.05) is 17.7 Å². The highest BCUT2D eigenvalue weighted by Gasteiger charge is 2.16. The van der Waals surface area contributed by atoms with Crippen LogP contribution in [0.15, 0.2) is 48.5 Å². The molecule has 0 aliphatic heterocycles. The molecule has 9 heteroatoms. The maximum atomic E-state index is 12.1. The highest BCUT2D eigenvalue weighted by Crippen LogP contribution is 2.17. The molecule has 2 aromatic carbocycles. The van der Waals surface area contributed by atoms with Crippen molar-refractivity contribution in [3.8, 4) is 11.5 Å². The van der Waals surface area contributed by atoms with E-state index in [0.717, 1.165) is 4.90 Å². The summed E-state index contributed by atoms with van der Waals surface area (Å²) in [6.45, 7) is -1.05. The lowest BCUT2D eigenvalue weighted by Crippen LogP contribution is -2.37. The van der Waals surface area contributed by atoms with Crippen LogP contribution in [0.4, 0.5) is 5.69 Å². The largest absolute Gasteiger partial charge is 0.497 e.